The van der Waals surface area contributed by atoms with Crippen LogP contribution in [-0.4, -0.2) is 17.6 Å². The minimum Gasteiger partial charge on any atom is -0.466 e. The molecule has 1 aliphatic carbocycles. The van der Waals surface area contributed by atoms with Gasteiger partial charge in [0.05, 0.1) is 23.9 Å². The van der Waals surface area contributed by atoms with Crippen molar-refractivity contribution in [3.05, 3.63) is 59.5 Å². The van der Waals surface area contributed by atoms with Crippen molar-refractivity contribution in [1.82, 2.24) is 5.32 Å². The Morgan fingerprint density at radius 3 is 2.50 bits per heavy atom. The normalized spacial score (nSPS) is 17.3. The summed E-state index contributed by atoms with van der Waals surface area (Å²) in [6.45, 7) is -0.212. The van der Waals surface area contributed by atoms with Gasteiger partial charge in [-0.1, -0.05) is 12.1 Å². The van der Waals surface area contributed by atoms with Crippen molar-refractivity contribution in [2.45, 2.75) is 24.6 Å². The van der Waals surface area contributed by atoms with E-state index in [0.717, 1.165) is 25.0 Å². The van der Waals surface area contributed by atoms with Crippen molar-refractivity contribution in [2.24, 2.45) is 5.92 Å². The highest BCUT2D eigenvalue weighted by molar-refractivity contribution is 5.95. The summed E-state index contributed by atoms with van der Waals surface area (Å²) in [6, 6.07) is 7.76. The zero-order valence-electron chi connectivity index (χ0n) is 12.6. The number of amides is 1. The first-order valence-corrected chi connectivity index (χ1v) is 7.53. The third-order valence-corrected chi connectivity index (χ3v) is 4.20. The van der Waals surface area contributed by atoms with Gasteiger partial charge in [-0.15, -0.1) is 0 Å². The number of carbonyl (C=O) groups excluding carboxylic acids is 1. The lowest BCUT2D eigenvalue weighted by molar-refractivity contribution is -0.137. The molecule has 1 amide bonds. The van der Waals surface area contributed by atoms with Gasteiger partial charge in [-0.2, -0.15) is 13.2 Å². The molecule has 1 aliphatic rings. The van der Waals surface area contributed by atoms with Gasteiger partial charge in [-0.3, -0.25) is 4.79 Å². The minimum atomic E-state index is -4.62. The molecule has 4 nitrogen and oxygen atoms in total. The second-order valence-electron chi connectivity index (χ2n) is 5.90. The lowest BCUT2D eigenvalue weighted by atomic mass is 9.94. The number of rotatable bonds is 5. The first-order chi connectivity index (χ1) is 11.3. The lowest BCUT2D eigenvalue weighted by Crippen LogP contribution is -2.42. The third-order valence-electron chi connectivity index (χ3n) is 4.20. The molecule has 0 saturated heterocycles. The monoisotopic (exact) mass is 339 g/mol. The van der Waals surface area contributed by atoms with E-state index in [4.69, 9.17) is 4.42 Å². The highest BCUT2D eigenvalue weighted by Gasteiger charge is 2.47. The van der Waals surface area contributed by atoms with Gasteiger partial charge in [0.25, 0.3) is 5.91 Å². The Bertz CT molecular complexity index is 723. The van der Waals surface area contributed by atoms with Gasteiger partial charge in [0, 0.05) is 0 Å². The molecule has 2 N–H and O–H groups in total. The molecule has 0 radical (unpaired) electrons. The molecular formula is C17H16F3NO3. The largest absolute Gasteiger partial charge is 0.466 e. The fraction of sp³-hybridized carbons (Fsp3) is 0.353. The van der Waals surface area contributed by atoms with Crippen molar-refractivity contribution >= 4 is 5.91 Å². The van der Waals surface area contributed by atoms with Crippen LogP contribution in [0, 0.1) is 5.92 Å². The van der Waals surface area contributed by atoms with Crippen LogP contribution in [0.1, 0.15) is 34.5 Å². The molecule has 1 atom stereocenters. The van der Waals surface area contributed by atoms with Gasteiger partial charge in [0.15, 0.2) is 0 Å². The molecule has 3 rings (SSSR count). The maximum absolute atomic E-state index is 13.0. The summed E-state index contributed by atoms with van der Waals surface area (Å²) in [7, 11) is 0. The molecular weight excluding hydrogens is 323 g/mol. The number of benzene rings is 1. The maximum Gasteiger partial charge on any atom is 0.417 e. The fourth-order valence-electron chi connectivity index (χ4n) is 2.76. The molecule has 0 aliphatic heterocycles. The van der Waals surface area contributed by atoms with Crippen LogP contribution in [0.3, 0.4) is 0 Å². The second-order valence-corrected chi connectivity index (χ2v) is 5.90. The van der Waals surface area contributed by atoms with Gasteiger partial charge in [-0.05, 0) is 43.0 Å². The molecule has 1 heterocycles. The molecule has 1 fully saturated rings. The average Bonchev–Trinajstić information content (AvgIpc) is 3.26. The Labute approximate surface area is 136 Å². The average molecular weight is 339 g/mol. The zero-order chi connectivity index (χ0) is 17.4. The van der Waals surface area contributed by atoms with Crippen molar-refractivity contribution in [2.75, 3.05) is 6.54 Å². The zero-order valence-corrected chi connectivity index (χ0v) is 12.6. The Morgan fingerprint density at radius 2 is 1.92 bits per heavy atom. The summed E-state index contributed by atoms with van der Waals surface area (Å²) in [6.07, 6.45) is -1.68. The van der Waals surface area contributed by atoms with Crippen LogP contribution >= 0.6 is 0 Å². The standard InChI is InChI=1S/C17H16F3NO3/c18-17(19,20)13-5-2-1-4-12(13)15(22)21-10-16(23,11-7-8-11)14-6-3-9-24-14/h1-6,9,11,23H,7-8,10H2,(H,21,22)/t16-/m1/s1. The molecule has 0 bridgehead atoms. The van der Waals surface area contributed by atoms with Crippen molar-refractivity contribution < 1.29 is 27.5 Å². The first kappa shape index (κ1) is 16.6. The fourth-order valence-corrected chi connectivity index (χ4v) is 2.76. The highest BCUT2D eigenvalue weighted by atomic mass is 19.4. The van der Waals surface area contributed by atoms with Crippen LogP contribution in [0.5, 0.6) is 0 Å². The third kappa shape index (κ3) is 3.17. The molecule has 2 aromatic rings. The topological polar surface area (TPSA) is 62.5 Å². The number of halogens is 3. The van der Waals surface area contributed by atoms with E-state index in [-0.39, 0.29) is 12.5 Å². The molecule has 128 valence electrons. The molecule has 7 heteroatoms. The summed E-state index contributed by atoms with van der Waals surface area (Å²) in [5.41, 5.74) is -2.88. The number of carbonyl (C=O) groups is 1. The van der Waals surface area contributed by atoms with E-state index in [1.54, 1.807) is 12.1 Å². The number of furan rings is 1. The van der Waals surface area contributed by atoms with Crippen molar-refractivity contribution in [1.29, 1.82) is 0 Å². The van der Waals surface area contributed by atoms with Gasteiger partial charge in [0.1, 0.15) is 11.4 Å². The summed E-state index contributed by atoms with van der Waals surface area (Å²) in [5, 5.41) is 13.2. The Morgan fingerprint density at radius 1 is 1.21 bits per heavy atom. The van der Waals surface area contributed by atoms with Gasteiger partial charge in [0.2, 0.25) is 0 Å². The SMILES string of the molecule is O=C(NC[C@](O)(c1ccco1)C1CC1)c1ccccc1C(F)(F)F. The van der Waals surface area contributed by atoms with E-state index in [0.29, 0.717) is 5.76 Å². The molecule has 1 aromatic heterocycles. The van der Waals surface area contributed by atoms with E-state index in [9.17, 15) is 23.1 Å². The van der Waals surface area contributed by atoms with E-state index < -0.39 is 28.8 Å². The smallest absolute Gasteiger partial charge is 0.417 e. The number of nitrogens with one attached hydrogen (secondary N) is 1. The second kappa shape index (κ2) is 5.98. The van der Waals surface area contributed by atoms with Crippen LogP contribution in [0.2, 0.25) is 0 Å². The Hall–Kier alpha value is -2.28. The number of alkyl halides is 3. The first-order valence-electron chi connectivity index (χ1n) is 7.53. The Kier molecular flexibility index (Phi) is 4.13. The summed E-state index contributed by atoms with van der Waals surface area (Å²) in [4.78, 5) is 12.2. The molecule has 0 spiro atoms. The number of hydrogen-bond acceptors (Lipinski definition) is 3. The van der Waals surface area contributed by atoms with Gasteiger partial charge < -0.3 is 14.8 Å². The van der Waals surface area contributed by atoms with Gasteiger partial charge >= 0.3 is 6.18 Å². The van der Waals surface area contributed by atoms with E-state index in [1.807, 2.05) is 0 Å². The maximum atomic E-state index is 13.0. The van der Waals surface area contributed by atoms with Crippen LogP contribution in [-0.2, 0) is 11.8 Å². The Balaban J connectivity index is 1.79. The number of hydrogen-bond donors (Lipinski definition) is 2. The lowest BCUT2D eigenvalue weighted by Gasteiger charge is -2.26. The molecule has 1 saturated carbocycles. The van der Waals surface area contributed by atoms with E-state index in [1.165, 1.54) is 18.4 Å². The number of aliphatic hydroxyl groups is 1. The van der Waals surface area contributed by atoms with Crippen molar-refractivity contribution in [3.63, 3.8) is 0 Å². The molecule has 24 heavy (non-hydrogen) atoms. The highest BCUT2D eigenvalue weighted by Crippen LogP contribution is 2.45. The van der Waals surface area contributed by atoms with Crippen molar-refractivity contribution in [3.8, 4) is 0 Å². The minimum absolute atomic E-state index is 0.0817. The molecule has 0 unspecified atom stereocenters. The van der Waals surface area contributed by atoms with Crippen LogP contribution in [0.15, 0.2) is 47.1 Å². The summed E-state index contributed by atoms with van der Waals surface area (Å²) < 4.78 is 44.2. The summed E-state index contributed by atoms with van der Waals surface area (Å²) in [5.74, 6) is -0.662. The van der Waals surface area contributed by atoms with Gasteiger partial charge in [-0.25, -0.2) is 0 Å². The predicted octanol–water partition coefficient (Wildman–Crippen LogP) is 3.33. The summed E-state index contributed by atoms with van der Waals surface area (Å²) >= 11 is 0. The van der Waals surface area contributed by atoms with E-state index >= 15 is 0 Å². The van der Waals surface area contributed by atoms with Crippen LogP contribution in [0.25, 0.3) is 0 Å². The predicted molar refractivity (Wildman–Crippen MR) is 79.1 cm³/mol. The quantitative estimate of drug-likeness (QED) is 0.878. The van der Waals surface area contributed by atoms with Crippen LogP contribution < -0.4 is 5.32 Å². The van der Waals surface area contributed by atoms with Crippen LogP contribution in [0.4, 0.5) is 13.2 Å². The molecule has 1 aromatic carbocycles. The van der Waals surface area contributed by atoms with E-state index in [2.05, 4.69) is 5.32 Å².